The Morgan fingerprint density at radius 1 is 1.31 bits per heavy atom. The van der Waals surface area contributed by atoms with E-state index >= 15 is 0 Å². The molecular weight excluding hydrogens is 212 g/mol. The maximum absolute atomic E-state index is 13.3. The van der Waals surface area contributed by atoms with Crippen molar-refractivity contribution in [1.82, 2.24) is 5.32 Å². The van der Waals surface area contributed by atoms with Gasteiger partial charge in [-0.3, -0.25) is 0 Å². The van der Waals surface area contributed by atoms with Crippen LogP contribution in [-0.4, -0.2) is 6.54 Å². The molecule has 16 heavy (non-hydrogen) atoms. The predicted molar refractivity (Wildman–Crippen MR) is 58.1 cm³/mol. The van der Waals surface area contributed by atoms with Gasteiger partial charge in [0.2, 0.25) is 0 Å². The predicted octanol–water partition coefficient (Wildman–Crippen LogP) is 3.21. The number of hydrogen-bond donors (Lipinski definition) is 1. The minimum absolute atomic E-state index is 0.120. The molecule has 1 heterocycles. The van der Waals surface area contributed by atoms with Gasteiger partial charge in [-0.05, 0) is 19.0 Å². The van der Waals surface area contributed by atoms with Gasteiger partial charge in [0.15, 0.2) is 11.4 Å². The molecule has 0 spiro atoms. The van der Waals surface area contributed by atoms with Gasteiger partial charge in [-0.1, -0.05) is 6.92 Å². The molecule has 0 aliphatic carbocycles. The Hall–Kier alpha value is -1.42. The third-order valence-electron chi connectivity index (χ3n) is 2.42. The fourth-order valence-electron chi connectivity index (χ4n) is 1.65. The highest BCUT2D eigenvalue weighted by molar-refractivity contribution is 5.81. The zero-order valence-corrected chi connectivity index (χ0v) is 9.02. The van der Waals surface area contributed by atoms with Crippen LogP contribution in [-0.2, 0) is 6.54 Å². The molecule has 0 bridgehead atoms. The minimum Gasteiger partial charge on any atom is -0.461 e. The quantitative estimate of drug-likeness (QED) is 0.808. The van der Waals surface area contributed by atoms with Crippen molar-refractivity contribution in [1.29, 1.82) is 0 Å². The van der Waals surface area contributed by atoms with Crippen LogP contribution in [0.25, 0.3) is 11.0 Å². The average molecular weight is 225 g/mol. The molecule has 2 rings (SSSR count). The molecule has 0 aliphatic rings. The fraction of sp³-hybridized carbons (Fsp3) is 0.333. The van der Waals surface area contributed by atoms with Gasteiger partial charge in [-0.2, -0.15) is 0 Å². The van der Waals surface area contributed by atoms with Crippen LogP contribution in [0.15, 0.2) is 22.8 Å². The van der Waals surface area contributed by atoms with Crippen molar-refractivity contribution >= 4 is 11.0 Å². The molecule has 2 aromatic rings. The zero-order chi connectivity index (χ0) is 11.5. The Morgan fingerprint density at radius 2 is 2.12 bits per heavy atom. The van der Waals surface area contributed by atoms with E-state index in [1.807, 2.05) is 0 Å². The van der Waals surface area contributed by atoms with Crippen molar-refractivity contribution in [2.45, 2.75) is 19.9 Å². The van der Waals surface area contributed by atoms with Crippen LogP contribution in [0.2, 0.25) is 0 Å². The Balaban J connectivity index is 2.32. The van der Waals surface area contributed by atoms with E-state index in [9.17, 15) is 8.78 Å². The van der Waals surface area contributed by atoms with Gasteiger partial charge in [-0.15, -0.1) is 0 Å². The van der Waals surface area contributed by atoms with Crippen molar-refractivity contribution in [3.8, 4) is 0 Å². The van der Waals surface area contributed by atoms with E-state index in [0.29, 0.717) is 11.9 Å². The molecule has 86 valence electrons. The van der Waals surface area contributed by atoms with Gasteiger partial charge in [0.25, 0.3) is 0 Å². The second-order valence-electron chi connectivity index (χ2n) is 3.70. The Bertz CT molecular complexity index is 493. The van der Waals surface area contributed by atoms with Crippen LogP contribution < -0.4 is 5.32 Å². The summed E-state index contributed by atoms with van der Waals surface area (Å²) in [4.78, 5) is 0. The number of nitrogens with one attached hydrogen (secondary N) is 1. The summed E-state index contributed by atoms with van der Waals surface area (Å²) < 4.78 is 31.4. The van der Waals surface area contributed by atoms with E-state index in [1.54, 1.807) is 0 Å². The van der Waals surface area contributed by atoms with Crippen LogP contribution in [0.4, 0.5) is 8.78 Å². The lowest BCUT2D eigenvalue weighted by Crippen LogP contribution is -2.13. The first-order valence-corrected chi connectivity index (χ1v) is 5.28. The van der Waals surface area contributed by atoms with E-state index in [0.717, 1.165) is 24.6 Å². The highest BCUT2D eigenvalue weighted by Gasteiger charge is 2.11. The number of benzene rings is 1. The van der Waals surface area contributed by atoms with E-state index in [2.05, 4.69) is 12.2 Å². The van der Waals surface area contributed by atoms with Gasteiger partial charge in [-0.25, -0.2) is 8.78 Å². The van der Waals surface area contributed by atoms with Crippen molar-refractivity contribution in [2.24, 2.45) is 0 Å². The lowest BCUT2D eigenvalue weighted by Gasteiger charge is -2.00. The minimum atomic E-state index is -0.656. The average Bonchev–Trinajstić information content (AvgIpc) is 2.62. The number of halogens is 2. The summed E-state index contributed by atoms with van der Waals surface area (Å²) >= 11 is 0. The first-order chi connectivity index (χ1) is 7.72. The van der Waals surface area contributed by atoms with E-state index in [-0.39, 0.29) is 5.58 Å². The van der Waals surface area contributed by atoms with Crippen LogP contribution in [0.3, 0.4) is 0 Å². The number of fused-ring (bicyclic) bond motifs is 1. The number of hydrogen-bond acceptors (Lipinski definition) is 2. The van der Waals surface area contributed by atoms with Gasteiger partial charge >= 0.3 is 0 Å². The molecule has 0 saturated heterocycles. The molecule has 0 aliphatic heterocycles. The molecule has 0 radical (unpaired) electrons. The smallest absolute Gasteiger partial charge is 0.170 e. The van der Waals surface area contributed by atoms with Crippen LogP contribution >= 0.6 is 0 Å². The van der Waals surface area contributed by atoms with Crippen molar-refractivity contribution < 1.29 is 13.2 Å². The molecule has 0 atom stereocenters. The normalized spacial score (nSPS) is 11.2. The monoisotopic (exact) mass is 225 g/mol. The largest absolute Gasteiger partial charge is 0.461 e. The first-order valence-electron chi connectivity index (χ1n) is 5.28. The molecule has 0 fully saturated rings. The molecule has 1 N–H and O–H groups in total. The van der Waals surface area contributed by atoms with Crippen LogP contribution in [0.1, 0.15) is 18.9 Å². The Labute approximate surface area is 92.2 Å². The summed E-state index contributed by atoms with van der Waals surface area (Å²) in [5.41, 5.74) is 0.900. The summed E-state index contributed by atoms with van der Waals surface area (Å²) in [6.45, 7) is 3.48. The molecule has 1 aromatic carbocycles. The molecule has 0 amide bonds. The summed E-state index contributed by atoms with van der Waals surface area (Å²) in [7, 11) is 0. The topological polar surface area (TPSA) is 25.2 Å². The van der Waals surface area contributed by atoms with Crippen LogP contribution in [0.5, 0.6) is 0 Å². The summed E-state index contributed by atoms with van der Waals surface area (Å²) in [5.74, 6) is -1.24. The standard InChI is InChI=1S/C12H13F2NO/c1-2-3-15-6-8-7-16-12-10(8)4-9(13)5-11(12)14/h4-5,7,15H,2-3,6H2,1H3. The van der Waals surface area contributed by atoms with E-state index in [1.165, 1.54) is 12.3 Å². The van der Waals surface area contributed by atoms with Crippen molar-refractivity contribution in [3.63, 3.8) is 0 Å². The number of furan rings is 1. The Morgan fingerprint density at radius 3 is 2.88 bits per heavy atom. The maximum Gasteiger partial charge on any atom is 0.170 e. The molecule has 4 heteroatoms. The first kappa shape index (κ1) is 11.1. The lowest BCUT2D eigenvalue weighted by atomic mass is 10.1. The second-order valence-corrected chi connectivity index (χ2v) is 3.70. The summed E-state index contributed by atoms with van der Waals surface area (Å²) in [6, 6.07) is 2.12. The van der Waals surface area contributed by atoms with Crippen molar-refractivity contribution in [3.05, 3.63) is 35.6 Å². The van der Waals surface area contributed by atoms with Gasteiger partial charge in [0.05, 0.1) is 6.26 Å². The number of rotatable bonds is 4. The summed E-state index contributed by atoms with van der Waals surface area (Å²) in [6.07, 6.45) is 2.48. The lowest BCUT2D eigenvalue weighted by molar-refractivity contribution is 0.544. The third-order valence-corrected chi connectivity index (χ3v) is 2.42. The van der Waals surface area contributed by atoms with E-state index in [4.69, 9.17) is 4.42 Å². The Kier molecular flexibility index (Phi) is 3.19. The molecule has 0 saturated carbocycles. The third kappa shape index (κ3) is 2.07. The van der Waals surface area contributed by atoms with Gasteiger partial charge < -0.3 is 9.73 Å². The molecular formula is C12H13F2NO. The van der Waals surface area contributed by atoms with Crippen LogP contribution in [0, 0.1) is 11.6 Å². The van der Waals surface area contributed by atoms with Gasteiger partial charge in [0, 0.05) is 23.6 Å². The fourth-order valence-corrected chi connectivity index (χ4v) is 1.65. The second kappa shape index (κ2) is 4.61. The molecule has 2 nitrogen and oxygen atoms in total. The molecule has 1 aromatic heterocycles. The molecule has 0 unspecified atom stereocenters. The summed E-state index contributed by atoms with van der Waals surface area (Å²) in [5, 5.41) is 3.66. The SMILES string of the molecule is CCCNCc1coc2c(F)cc(F)cc12. The zero-order valence-electron chi connectivity index (χ0n) is 9.02. The highest BCUT2D eigenvalue weighted by Crippen LogP contribution is 2.24. The van der Waals surface area contributed by atoms with Crippen molar-refractivity contribution in [2.75, 3.05) is 6.54 Å². The maximum atomic E-state index is 13.3. The highest BCUT2D eigenvalue weighted by atomic mass is 19.1. The van der Waals surface area contributed by atoms with E-state index < -0.39 is 11.6 Å². The van der Waals surface area contributed by atoms with Gasteiger partial charge in [0.1, 0.15) is 5.82 Å².